The van der Waals surface area contributed by atoms with Crippen LogP contribution < -0.4 is 9.47 Å². The summed E-state index contributed by atoms with van der Waals surface area (Å²) in [4.78, 5) is 13.2. The second-order valence-electron chi connectivity index (χ2n) is 8.60. The van der Waals surface area contributed by atoms with Crippen molar-refractivity contribution < 1.29 is 19.4 Å². The van der Waals surface area contributed by atoms with Gasteiger partial charge in [-0.2, -0.15) is 0 Å². The molecule has 0 aliphatic carbocycles. The van der Waals surface area contributed by atoms with Gasteiger partial charge in [-0.15, -0.1) is 0 Å². The number of phenolic OH excluding ortho intramolecular Hbond substituents is 1. The highest BCUT2D eigenvalue weighted by Gasteiger charge is 2.21. The molecule has 0 spiro atoms. The molecule has 2 unspecified atom stereocenters. The van der Waals surface area contributed by atoms with Gasteiger partial charge in [-0.25, -0.2) is 0 Å². The van der Waals surface area contributed by atoms with E-state index in [1.165, 1.54) is 0 Å². The van der Waals surface area contributed by atoms with Crippen molar-refractivity contribution in [2.24, 2.45) is 0 Å². The molecule has 2 atom stereocenters. The zero-order valence-corrected chi connectivity index (χ0v) is 22.5. The monoisotopic (exact) mass is 534 g/mol. The molecule has 0 bridgehead atoms. The first kappa shape index (κ1) is 27.2. The minimum absolute atomic E-state index is 0.117. The van der Waals surface area contributed by atoms with Crippen molar-refractivity contribution >= 4 is 40.6 Å². The average molecular weight is 536 g/mol. The van der Waals surface area contributed by atoms with Crippen LogP contribution in [0.3, 0.4) is 0 Å². The summed E-state index contributed by atoms with van der Waals surface area (Å²) in [6, 6.07) is 13.3. The smallest absolute Gasteiger partial charge is 0.200 e. The first-order valence-corrected chi connectivity index (χ1v) is 12.7. The lowest BCUT2D eigenvalue weighted by Crippen LogP contribution is -2.14. The van der Waals surface area contributed by atoms with Crippen LogP contribution >= 0.6 is 34.8 Å². The summed E-state index contributed by atoms with van der Waals surface area (Å²) in [5.74, 6) is 1.35. The maximum atomic E-state index is 13.2. The number of benzene rings is 3. The van der Waals surface area contributed by atoms with Crippen molar-refractivity contribution in [1.29, 1.82) is 0 Å². The van der Waals surface area contributed by atoms with Crippen LogP contribution in [-0.4, -0.2) is 17.5 Å². The second-order valence-corrected chi connectivity index (χ2v) is 9.88. The van der Waals surface area contributed by atoms with E-state index >= 15 is 0 Å². The summed E-state index contributed by atoms with van der Waals surface area (Å²) in [5.41, 5.74) is 2.06. The molecule has 0 radical (unpaired) electrons. The van der Waals surface area contributed by atoms with Crippen LogP contribution in [0, 0.1) is 0 Å². The highest BCUT2D eigenvalue weighted by Crippen LogP contribution is 2.39. The molecule has 35 heavy (non-hydrogen) atoms. The molecule has 0 heterocycles. The van der Waals surface area contributed by atoms with E-state index in [9.17, 15) is 9.90 Å². The molecule has 186 valence electrons. The molecule has 0 saturated carbocycles. The highest BCUT2D eigenvalue weighted by molar-refractivity contribution is 6.35. The molecule has 3 rings (SSSR count). The van der Waals surface area contributed by atoms with Crippen LogP contribution in [0.1, 0.15) is 73.9 Å². The summed E-state index contributed by atoms with van der Waals surface area (Å²) in [5, 5.41) is 12.1. The van der Waals surface area contributed by atoms with E-state index in [0.717, 1.165) is 24.0 Å². The second kappa shape index (κ2) is 12.0. The summed E-state index contributed by atoms with van der Waals surface area (Å²) < 4.78 is 11.8. The summed E-state index contributed by atoms with van der Waals surface area (Å²) in [6.45, 7) is 7.98. The Balaban J connectivity index is 1.87. The number of rotatable bonds is 10. The van der Waals surface area contributed by atoms with Gasteiger partial charge >= 0.3 is 0 Å². The summed E-state index contributed by atoms with van der Waals surface area (Å²) in [7, 11) is 0. The topological polar surface area (TPSA) is 55.8 Å². The van der Waals surface area contributed by atoms with Crippen molar-refractivity contribution in [2.45, 2.75) is 52.4 Å². The van der Waals surface area contributed by atoms with E-state index in [1.807, 2.05) is 13.8 Å². The molecule has 3 aromatic rings. The van der Waals surface area contributed by atoms with Crippen molar-refractivity contribution in [3.63, 3.8) is 0 Å². The number of halogens is 3. The van der Waals surface area contributed by atoms with Gasteiger partial charge in [0, 0.05) is 21.7 Å². The molecular formula is C28H29Cl3O4. The quantitative estimate of drug-likeness (QED) is 0.263. The van der Waals surface area contributed by atoms with Crippen LogP contribution in [0.2, 0.25) is 15.1 Å². The first-order valence-electron chi connectivity index (χ1n) is 11.6. The third kappa shape index (κ3) is 6.63. The zero-order chi connectivity index (χ0) is 25.7. The lowest BCUT2D eigenvalue weighted by molar-refractivity contribution is 0.0919. The summed E-state index contributed by atoms with van der Waals surface area (Å²) in [6.07, 6.45) is 1.70. The van der Waals surface area contributed by atoms with E-state index in [1.54, 1.807) is 48.5 Å². The van der Waals surface area contributed by atoms with Crippen LogP contribution in [0.25, 0.3) is 0 Å². The minimum atomic E-state index is -0.211. The predicted molar refractivity (Wildman–Crippen MR) is 143 cm³/mol. The van der Waals surface area contributed by atoms with Crippen LogP contribution in [-0.2, 0) is 0 Å². The maximum Gasteiger partial charge on any atom is 0.200 e. The molecule has 0 saturated heterocycles. The van der Waals surface area contributed by atoms with E-state index in [2.05, 4.69) is 13.8 Å². The van der Waals surface area contributed by atoms with Gasteiger partial charge in [-0.3, -0.25) is 4.79 Å². The van der Waals surface area contributed by atoms with Gasteiger partial charge in [-0.1, -0.05) is 62.5 Å². The number of hydrogen-bond donors (Lipinski definition) is 1. The summed E-state index contributed by atoms with van der Waals surface area (Å²) >= 11 is 18.4. The van der Waals surface area contributed by atoms with Crippen LogP contribution in [0.4, 0.5) is 0 Å². The largest absolute Gasteiger partial charge is 0.507 e. The molecule has 0 aliphatic rings. The molecular weight excluding hydrogens is 507 g/mol. The van der Waals surface area contributed by atoms with Gasteiger partial charge in [0.05, 0.1) is 5.02 Å². The standard InChI is InChI=1S/C28H29Cl3O4/c1-5-16(3)21-11-18(12-22(28(21)33)17(4)6-2)24(32)15-34-26-10-8-20(30)14-27(26)35-25-9-7-19(29)13-23(25)31/h7-14,16-17,33H,5-6,15H2,1-4H3. The van der Waals surface area contributed by atoms with Gasteiger partial charge < -0.3 is 14.6 Å². The average Bonchev–Trinajstić information content (AvgIpc) is 2.84. The van der Waals surface area contributed by atoms with E-state index < -0.39 is 0 Å². The number of hydrogen-bond acceptors (Lipinski definition) is 4. The fourth-order valence-electron chi connectivity index (χ4n) is 3.62. The maximum absolute atomic E-state index is 13.2. The number of aromatic hydroxyl groups is 1. The van der Waals surface area contributed by atoms with E-state index in [0.29, 0.717) is 37.9 Å². The lowest BCUT2D eigenvalue weighted by atomic mass is 9.87. The Hall–Kier alpha value is -2.40. The van der Waals surface area contributed by atoms with Crippen molar-refractivity contribution in [2.75, 3.05) is 6.61 Å². The van der Waals surface area contributed by atoms with Crippen molar-refractivity contribution in [3.05, 3.63) is 80.3 Å². The number of ketones is 1. The Morgan fingerprint density at radius 3 is 1.91 bits per heavy atom. The fraction of sp³-hybridized carbons (Fsp3) is 0.321. The van der Waals surface area contributed by atoms with E-state index in [4.69, 9.17) is 44.3 Å². The highest BCUT2D eigenvalue weighted by atomic mass is 35.5. The van der Waals surface area contributed by atoms with Gasteiger partial charge in [0.25, 0.3) is 0 Å². The number of ether oxygens (including phenoxy) is 2. The Kier molecular flexibility index (Phi) is 9.34. The van der Waals surface area contributed by atoms with Crippen LogP contribution in [0.5, 0.6) is 23.0 Å². The Bertz CT molecular complexity index is 1180. The molecule has 0 fully saturated rings. The molecule has 4 nitrogen and oxygen atoms in total. The molecule has 0 aromatic heterocycles. The number of carbonyl (C=O) groups is 1. The Morgan fingerprint density at radius 2 is 1.37 bits per heavy atom. The minimum Gasteiger partial charge on any atom is -0.507 e. The Labute approximate surface area is 221 Å². The Morgan fingerprint density at radius 1 is 0.829 bits per heavy atom. The van der Waals surface area contributed by atoms with Gasteiger partial charge in [0.15, 0.2) is 23.9 Å². The van der Waals surface area contributed by atoms with Gasteiger partial charge in [-0.05, 0) is 78.3 Å². The first-order chi connectivity index (χ1) is 16.6. The van der Waals surface area contributed by atoms with Crippen molar-refractivity contribution in [3.8, 4) is 23.0 Å². The predicted octanol–water partition coefficient (Wildman–Crippen LogP) is 9.43. The van der Waals surface area contributed by atoms with Gasteiger partial charge in [0.2, 0.25) is 0 Å². The zero-order valence-electron chi connectivity index (χ0n) is 20.2. The molecule has 1 N–H and O–H groups in total. The van der Waals surface area contributed by atoms with Crippen molar-refractivity contribution in [1.82, 2.24) is 0 Å². The third-order valence-corrected chi connectivity index (χ3v) is 6.92. The van der Waals surface area contributed by atoms with E-state index in [-0.39, 0.29) is 30.0 Å². The number of carbonyl (C=O) groups excluding carboxylic acids is 1. The molecule has 0 aliphatic heterocycles. The van der Waals surface area contributed by atoms with Gasteiger partial charge in [0.1, 0.15) is 11.5 Å². The molecule has 3 aromatic carbocycles. The molecule has 7 heteroatoms. The molecule has 0 amide bonds. The lowest BCUT2D eigenvalue weighted by Gasteiger charge is -2.20. The fourth-order valence-corrected chi connectivity index (χ4v) is 4.23. The SMILES string of the molecule is CCC(C)c1cc(C(=O)COc2ccc(Cl)cc2Oc2ccc(Cl)cc2Cl)cc(C(C)CC)c1O. The van der Waals surface area contributed by atoms with Crippen LogP contribution in [0.15, 0.2) is 48.5 Å². The number of phenols is 1. The third-order valence-electron chi connectivity index (χ3n) is 6.16. The number of Topliss-reactive ketones (excluding diaryl/α,β-unsaturated/α-hetero) is 1. The normalized spacial score (nSPS) is 12.8.